The predicted molar refractivity (Wildman–Crippen MR) is 79.8 cm³/mol. The summed E-state index contributed by atoms with van der Waals surface area (Å²) in [6.45, 7) is 4.84. The Labute approximate surface area is 121 Å². The predicted octanol–water partition coefficient (Wildman–Crippen LogP) is 4.16. The zero-order valence-corrected chi connectivity index (χ0v) is 12.6. The van der Waals surface area contributed by atoms with Crippen molar-refractivity contribution >= 4 is 21.7 Å². The number of hydrogen-bond acceptors (Lipinski definition) is 4. The molecule has 1 heterocycles. The van der Waals surface area contributed by atoms with Gasteiger partial charge in [0.25, 0.3) is 0 Å². The van der Waals surface area contributed by atoms with Gasteiger partial charge in [-0.25, -0.2) is 4.98 Å². The van der Waals surface area contributed by atoms with Gasteiger partial charge in [0.2, 0.25) is 5.88 Å². The molecule has 0 saturated heterocycles. The number of nitrogens with zero attached hydrogens (tertiary/aromatic N) is 2. The van der Waals surface area contributed by atoms with Gasteiger partial charge in [0.05, 0.1) is 4.47 Å². The van der Waals surface area contributed by atoms with E-state index in [2.05, 4.69) is 38.1 Å². The maximum Gasteiger partial charge on any atom is 0.224 e. The van der Waals surface area contributed by atoms with Gasteiger partial charge >= 0.3 is 0 Å². The number of para-hydroxylation sites is 1. The summed E-state index contributed by atoms with van der Waals surface area (Å²) in [4.78, 5) is 8.61. The second kappa shape index (κ2) is 6.52. The molecule has 5 heteroatoms. The van der Waals surface area contributed by atoms with Crippen LogP contribution < -0.4 is 10.1 Å². The van der Waals surface area contributed by atoms with Crippen molar-refractivity contribution in [3.8, 4) is 11.6 Å². The number of halogens is 1. The number of anilines is 1. The van der Waals surface area contributed by atoms with Gasteiger partial charge in [-0.3, -0.25) is 0 Å². The molecule has 0 atom stereocenters. The Morgan fingerprint density at radius 2 is 2.05 bits per heavy atom. The first-order valence-electron chi connectivity index (χ1n) is 6.21. The summed E-state index contributed by atoms with van der Waals surface area (Å²) in [5, 5.41) is 3.23. The summed E-state index contributed by atoms with van der Waals surface area (Å²) >= 11 is 3.45. The standard InChI is InChI=1S/C14H16BrN3O/c1-3-8-16-13-9-14(18-10(2)17-13)19-12-7-5-4-6-11(12)15/h4-7,9H,3,8H2,1-2H3,(H,16,17,18). The first-order valence-corrected chi connectivity index (χ1v) is 7.00. The first-order chi connectivity index (χ1) is 9.19. The number of ether oxygens (including phenoxy) is 1. The molecule has 0 bridgehead atoms. The molecule has 2 aromatic rings. The molecule has 2 rings (SSSR count). The van der Waals surface area contributed by atoms with Crippen LogP contribution >= 0.6 is 15.9 Å². The lowest BCUT2D eigenvalue weighted by atomic mass is 10.3. The largest absolute Gasteiger partial charge is 0.438 e. The molecular formula is C14H16BrN3O. The Hall–Kier alpha value is -1.62. The molecule has 19 heavy (non-hydrogen) atoms. The molecule has 0 unspecified atom stereocenters. The highest BCUT2D eigenvalue weighted by Crippen LogP contribution is 2.28. The highest BCUT2D eigenvalue weighted by molar-refractivity contribution is 9.10. The van der Waals surface area contributed by atoms with Crippen LogP contribution in [-0.4, -0.2) is 16.5 Å². The van der Waals surface area contributed by atoms with Crippen molar-refractivity contribution in [3.63, 3.8) is 0 Å². The first kappa shape index (κ1) is 13.8. The van der Waals surface area contributed by atoms with Gasteiger partial charge in [-0.1, -0.05) is 19.1 Å². The van der Waals surface area contributed by atoms with Crippen LogP contribution in [0.5, 0.6) is 11.6 Å². The van der Waals surface area contributed by atoms with Crippen molar-refractivity contribution in [1.82, 2.24) is 9.97 Å². The number of hydrogen-bond donors (Lipinski definition) is 1. The van der Waals surface area contributed by atoms with E-state index in [0.717, 1.165) is 29.0 Å². The zero-order chi connectivity index (χ0) is 13.7. The summed E-state index contributed by atoms with van der Waals surface area (Å²) in [6.07, 6.45) is 1.05. The van der Waals surface area contributed by atoms with E-state index in [9.17, 15) is 0 Å². The maximum atomic E-state index is 5.77. The van der Waals surface area contributed by atoms with E-state index in [0.29, 0.717) is 11.7 Å². The quantitative estimate of drug-likeness (QED) is 0.898. The Morgan fingerprint density at radius 1 is 1.26 bits per heavy atom. The van der Waals surface area contributed by atoms with Crippen molar-refractivity contribution in [2.45, 2.75) is 20.3 Å². The number of benzene rings is 1. The van der Waals surface area contributed by atoms with E-state index < -0.39 is 0 Å². The van der Waals surface area contributed by atoms with Crippen molar-refractivity contribution in [2.75, 3.05) is 11.9 Å². The molecule has 4 nitrogen and oxygen atoms in total. The van der Waals surface area contributed by atoms with Crippen LogP contribution in [0.15, 0.2) is 34.8 Å². The number of nitrogens with one attached hydrogen (secondary N) is 1. The van der Waals surface area contributed by atoms with E-state index in [1.165, 1.54) is 0 Å². The highest BCUT2D eigenvalue weighted by atomic mass is 79.9. The summed E-state index contributed by atoms with van der Waals surface area (Å²) in [7, 11) is 0. The summed E-state index contributed by atoms with van der Waals surface area (Å²) < 4.78 is 6.67. The molecule has 1 aromatic heterocycles. The maximum absolute atomic E-state index is 5.77. The molecule has 0 aliphatic carbocycles. The smallest absolute Gasteiger partial charge is 0.224 e. The molecule has 1 aromatic carbocycles. The monoisotopic (exact) mass is 321 g/mol. The molecule has 0 radical (unpaired) electrons. The van der Waals surface area contributed by atoms with E-state index in [1.807, 2.05) is 37.3 Å². The lowest BCUT2D eigenvalue weighted by molar-refractivity contribution is 0.457. The molecule has 0 aliphatic rings. The normalized spacial score (nSPS) is 10.3. The van der Waals surface area contributed by atoms with Gasteiger partial charge in [0.15, 0.2) is 0 Å². The van der Waals surface area contributed by atoms with Gasteiger partial charge in [-0.2, -0.15) is 4.98 Å². The summed E-state index contributed by atoms with van der Waals surface area (Å²) in [5.74, 6) is 2.75. The van der Waals surface area contributed by atoms with Crippen LogP contribution in [0.4, 0.5) is 5.82 Å². The van der Waals surface area contributed by atoms with Crippen LogP contribution in [0.3, 0.4) is 0 Å². The minimum absolute atomic E-state index is 0.540. The van der Waals surface area contributed by atoms with Crippen molar-refractivity contribution in [1.29, 1.82) is 0 Å². The van der Waals surface area contributed by atoms with E-state index in [4.69, 9.17) is 4.74 Å². The fraction of sp³-hybridized carbons (Fsp3) is 0.286. The molecule has 100 valence electrons. The van der Waals surface area contributed by atoms with E-state index >= 15 is 0 Å². The van der Waals surface area contributed by atoms with E-state index in [-0.39, 0.29) is 0 Å². The number of aryl methyl sites for hydroxylation is 1. The average molecular weight is 322 g/mol. The summed E-state index contributed by atoms with van der Waals surface area (Å²) in [6, 6.07) is 9.49. The second-order valence-corrected chi connectivity index (χ2v) is 4.95. The molecule has 0 spiro atoms. The van der Waals surface area contributed by atoms with Crippen molar-refractivity contribution in [2.24, 2.45) is 0 Å². The Kier molecular flexibility index (Phi) is 4.74. The van der Waals surface area contributed by atoms with Crippen molar-refractivity contribution in [3.05, 3.63) is 40.6 Å². The van der Waals surface area contributed by atoms with Crippen LogP contribution in [0.2, 0.25) is 0 Å². The Bertz CT molecular complexity index is 560. The summed E-state index contributed by atoms with van der Waals surface area (Å²) in [5.41, 5.74) is 0. The minimum atomic E-state index is 0.540. The molecule has 1 N–H and O–H groups in total. The molecular weight excluding hydrogens is 306 g/mol. The fourth-order valence-electron chi connectivity index (χ4n) is 1.58. The lowest BCUT2D eigenvalue weighted by Gasteiger charge is -2.09. The van der Waals surface area contributed by atoms with Crippen molar-refractivity contribution < 1.29 is 4.74 Å². The SMILES string of the molecule is CCCNc1cc(Oc2ccccc2Br)nc(C)n1. The third-order valence-electron chi connectivity index (χ3n) is 2.42. The fourth-order valence-corrected chi connectivity index (χ4v) is 1.94. The number of rotatable bonds is 5. The second-order valence-electron chi connectivity index (χ2n) is 4.10. The minimum Gasteiger partial charge on any atom is -0.438 e. The third kappa shape index (κ3) is 3.92. The molecule has 0 amide bonds. The van der Waals surface area contributed by atoms with Crippen LogP contribution in [0.25, 0.3) is 0 Å². The highest BCUT2D eigenvalue weighted by Gasteiger charge is 2.06. The van der Waals surface area contributed by atoms with Gasteiger partial charge in [-0.05, 0) is 41.4 Å². The third-order valence-corrected chi connectivity index (χ3v) is 3.08. The molecule has 0 fully saturated rings. The number of aromatic nitrogens is 2. The van der Waals surface area contributed by atoms with Gasteiger partial charge < -0.3 is 10.1 Å². The van der Waals surface area contributed by atoms with Crippen LogP contribution in [-0.2, 0) is 0 Å². The van der Waals surface area contributed by atoms with Gasteiger partial charge in [0.1, 0.15) is 17.4 Å². The van der Waals surface area contributed by atoms with Crippen LogP contribution in [0, 0.1) is 6.92 Å². The van der Waals surface area contributed by atoms with E-state index in [1.54, 1.807) is 0 Å². The molecule has 0 saturated carbocycles. The van der Waals surface area contributed by atoms with Gasteiger partial charge in [0, 0.05) is 12.6 Å². The van der Waals surface area contributed by atoms with Crippen LogP contribution in [0.1, 0.15) is 19.2 Å². The topological polar surface area (TPSA) is 47.0 Å². The molecule has 0 aliphatic heterocycles. The average Bonchev–Trinajstić information content (AvgIpc) is 2.38. The van der Waals surface area contributed by atoms with Gasteiger partial charge in [-0.15, -0.1) is 0 Å². The zero-order valence-electron chi connectivity index (χ0n) is 11.0. The lowest BCUT2D eigenvalue weighted by Crippen LogP contribution is -2.04. The Morgan fingerprint density at radius 3 is 2.79 bits per heavy atom. The Balaban J connectivity index is 2.20.